The van der Waals surface area contributed by atoms with E-state index in [0.29, 0.717) is 39.3 Å². The lowest BCUT2D eigenvalue weighted by Gasteiger charge is -2.37. The van der Waals surface area contributed by atoms with E-state index in [9.17, 15) is 14.4 Å². The molecule has 3 amide bonds. The van der Waals surface area contributed by atoms with Crippen LogP contribution in [0.4, 0.5) is 0 Å². The van der Waals surface area contributed by atoms with Crippen molar-refractivity contribution >= 4 is 23.8 Å². The van der Waals surface area contributed by atoms with E-state index in [4.69, 9.17) is 0 Å². The van der Waals surface area contributed by atoms with E-state index in [-0.39, 0.29) is 30.2 Å². The summed E-state index contributed by atoms with van der Waals surface area (Å²) in [6, 6.07) is 7.61. The zero-order valence-corrected chi connectivity index (χ0v) is 17.3. The van der Waals surface area contributed by atoms with Crippen LogP contribution in [0, 0.1) is 0 Å². The molecule has 1 aromatic carbocycles. The number of amides is 3. The molecule has 0 bridgehead atoms. The third-order valence-corrected chi connectivity index (χ3v) is 5.50. The summed E-state index contributed by atoms with van der Waals surface area (Å²) in [5, 5.41) is 2.89. The predicted molar refractivity (Wildman–Crippen MR) is 112 cm³/mol. The highest BCUT2D eigenvalue weighted by Gasteiger charge is 2.31. The Hall–Kier alpha value is -2.67. The van der Waals surface area contributed by atoms with Gasteiger partial charge in [0.1, 0.15) is 0 Å². The van der Waals surface area contributed by atoms with Gasteiger partial charge in [0, 0.05) is 45.8 Å². The number of piperazine rings is 1. The van der Waals surface area contributed by atoms with Crippen LogP contribution in [0.25, 0.3) is 6.08 Å². The second-order valence-corrected chi connectivity index (χ2v) is 7.60. The average molecular weight is 399 g/mol. The molecule has 0 aliphatic carbocycles. The summed E-state index contributed by atoms with van der Waals surface area (Å²) in [4.78, 5) is 42.5. The van der Waals surface area contributed by atoms with Crippen molar-refractivity contribution in [2.24, 2.45) is 0 Å². The van der Waals surface area contributed by atoms with Crippen molar-refractivity contribution in [2.45, 2.75) is 32.7 Å². The van der Waals surface area contributed by atoms with Gasteiger partial charge < -0.3 is 15.1 Å². The predicted octanol–water partition coefficient (Wildman–Crippen LogP) is 1.62. The Kier molecular flexibility index (Phi) is 7.04. The van der Waals surface area contributed by atoms with Crippen molar-refractivity contribution in [2.75, 3.05) is 39.3 Å². The monoisotopic (exact) mass is 398 g/mol. The summed E-state index contributed by atoms with van der Waals surface area (Å²) < 4.78 is 0. The summed E-state index contributed by atoms with van der Waals surface area (Å²) in [6.45, 7) is 7.19. The molecule has 1 unspecified atom stereocenters. The maximum absolute atomic E-state index is 13.0. The van der Waals surface area contributed by atoms with Crippen LogP contribution in [0.3, 0.4) is 0 Å². The molecule has 1 fully saturated rings. The minimum atomic E-state index is -0.279. The first kappa shape index (κ1) is 21.0. The lowest BCUT2D eigenvalue weighted by molar-refractivity contribution is -0.136. The van der Waals surface area contributed by atoms with E-state index in [1.807, 2.05) is 42.2 Å². The molecule has 0 spiro atoms. The summed E-state index contributed by atoms with van der Waals surface area (Å²) in [7, 11) is 0. The molecule has 3 rings (SSSR count). The van der Waals surface area contributed by atoms with E-state index in [0.717, 1.165) is 17.5 Å². The molecule has 29 heavy (non-hydrogen) atoms. The van der Waals surface area contributed by atoms with Crippen molar-refractivity contribution in [3.05, 3.63) is 41.6 Å². The van der Waals surface area contributed by atoms with Crippen molar-refractivity contribution in [3.8, 4) is 0 Å². The first-order valence-electron chi connectivity index (χ1n) is 10.3. The average Bonchev–Trinajstić information content (AvgIpc) is 2.72. The number of carbonyl (C=O) groups excluding carboxylic acids is 3. The molecule has 1 saturated heterocycles. The zero-order valence-electron chi connectivity index (χ0n) is 17.3. The Balaban J connectivity index is 1.58. The van der Waals surface area contributed by atoms with Gasteiger partial charge in [0.15, 0.2) is 0 Å². The number of fused-ring (bicyclic) bond motifs is 1. The standard InChI is InChI=1S/C22H30N4O3/c1-3-9-23-21(28)16-24-11-13-25(14-12-24)22(29)15-20-19-7-5-4-6-18(19)8-10-26(20)17(2)27/h4-8,10,20H,3,9,11-16H2,1-2H3,(H,23,28). The van der Waals surface area contributed by atoms with Gasteiger partial charge >= 0.3 is 0 Å². The van der Waals surface area contributed by atoms with Crippen LogP contribution in [0.15, 0.2) is 30.5 Å². The molecule has 1 N–H and O–H groups in total. The number of nitrogens with one attached hydrogen (secondary N) is 1. The zero-order chi connectivity index (χ0) is 20.8. The third kappa shape index (κ3) is 5.23. The SMILES string of the molecule is CCCNC(=O)CN1CCN(C(=O)CC2c3ccccc3C=CN2C(C)=O)CC1. The fourth-order valence-electron chi connectivity index (χ4n) is 3.89. The van der Waals surface area contributed by atoms with E-state index in [1.165, 1.54) is 6.92 Å². The van der Waals surface area contributed by atoms with Crippen LogP contribution >= 0.6 is 0 Å². The highest BCUT2D eigenvalue weighted by Crippen LogP contribution is 2.33. The van der Waals surface area contributed by atoms with E-state index in [2.05, 4.69) is 10.2 Å². The van der Waals surface area contributed by atoms with Crippen molar-refractivity contribution in [3.63, 3.8) is 0 Å². The molecule has 0 radical (unpaired) electrons. The molecule has 2 heterocycles. The number of hydrogen-bond acceptors (Lipinski definition) is 4. The minimum Gasteiger partial charge on any atom is -0.355 e. The number of rotatable bonds is 6. The van der Waals surface area contributed by atoms with Gasteiger partial charge in [-0.25, -0.2) is 0 Å². The smallest absolute Gasteiger partial charge is 0.234 e. The normalized spacial score (nSPS) is 19.0. The van der Waals surface area contributed by atoms with E-state index in [1.54, 1.807) is 11.1 Å². The molecule has 156 valence electrons. The van der Waals surface area contributed by atoms with Gasteiger partial charge in [0.2, 0.25) is 17.7 Å². The molecule has 2 aliphatic rings. The Bertz CT molecular complexity index is 784. The van der Waals surface area contributed by atoms with Crippen LogP contribution < -0.4 is 5.32 Å². The Labute approximate surface area is 172 Å². The molecule has 1 aromatic rings. The molecule has 2 aliphatic heterocycles. The van der Waals surface area contributed by atoms with Gasteiger partial charge in [-0.15, -0.1) is 0 Å². The Morgan fingerprint density at radius 2 is 1.83 bits per heavy atom. The lowest BCUT2D eigenvalue weighted by Crippen LogP contribution is -2.51. The van der Waals surface area contributed by atoms with E-state index < -0.39 is 0 Å². The van der Waals surface area contributed by atoms with Crippen molar-refractivity contribution in [1.29, 1.82) is 0 Å². The minimum absolute atomic E-state index is 0.0364. The highest BCUT2D eigenvalue weighted by molar-refractivity contribution is 5.82. The maximum Gasteiger partial charge on any atom is 0.234 e. The molecule has 0 saturated carbocycles. The Morgan fingerprint density at radius 1 is 1.10 bits per heavy atom. The molecule has 7 nitrogen and oxygen atoms in total. The summed E-state index contributed by atoms with van der Waals surface area (Å²) in [5.74, 6) is 0.00669. The van der Waals surface area contributed by atoms with Crippen LogP contribution in [0.1, 0.15) is 43.9 Å². The second kappa shape index (κ2) is 9.69. The Morgan fingerprint density at radius 3 is 2.52 bits per heavy atom. The summed E-state index contributed by atoms with van der Waals surface area (Å²) >= 11 is 0. The summed E-state index contributed by atoms with van der Waals surface area (Å²) in [6.07, 6.45) is 4.87. The quantitative estimate of drug-likeness (QED) is 0.790. The van der Waals surface area contributed by atoms with Gasteiger partial charge in [-0.1, -0.05) is 31.2 Å². The van der Waals surface area contributed by atoms with Crippen LogP contribution in [0.2, 0.25) is 0 Å². The van der Waals surface area contributed by atoms with Gasteiger partial charge in [-0.3, -0.25) is 19.3 Å². The molecule has 7 heteroatoms. The van der Waals surface area contributed by atoms with Crippen LogP contribution in [-0.2, 0) is 14.4 Å². The van der Waals surface area contributed by atoms with Crippen LogP contribution in [-0.4, -0.2) is 71.7 Å². The largest absolute Gasteiger partial charge is 0.355 e. The van der Waals surface area contributed by atoms with Crippen molar-refractivity contribution < 1.29 is 14.4 Å². The van der Waals surface area contributed by atoms with Gasteiger partial charge in [-0.05, 0) is 23.6 Å². The lowest BCUT2D eigenvalue weighted by atomic mass is 9.93. The molecule has 1 atom stereocenters. The topological polar surface area (TPSA) is 73.0 Å². The van der Waals surface area contributed by atoms with Gasteiger partial charge in [-0.2, -0.15) is 0 Å². The van der Waals surface area contributed by atoms with E-state index >= 15 is 0 Å². The maximum atomic E-state index is 13.0. The fraction of sp³-hybridized carbons (Fsp3) is 0.500. The number of carbonyl (C=O) groups is 3. The third-order valence-electron chi connectivity index (χ3n) is 5.50. The van der Waals surface area contributed by atoms with Gasteiger partial charge in [0.05, 0.1) is 19.0 Å². The van der Waals surface area contributed by atoms with Gasteiger partial charge in [0.25, 0.3) is 0 Å². The molecule has 0 aromatic heterocycles. The first-order chi connectivity index (χ1) is 14.0. The summed E-state index contributed by atoms with van der Waals surface area (Å²) in [5.41, 5.74) is 2.05. The first-order valence-corrected chi connectivity index (χ1v) is 10.3. The van der Waals surface area contributed by atoms with Crippen LogP contribution in [0.5, 0.6) is 0 Å². The van der Waals surface area contributed by atoms with Crippen molar-refractivity contribution in [1.82, 2.24) is 20.0 Å². The molecular weight excluding hydrogens is 368 g/mol. The molecular formula is C22H30N4O3. The fourth-order valence-corrected chi connectivity index (χ4v) is 3.89. The number of hydrogen-bond donors (Lipinski definition) is 1. The number of benzene rings is 1. The number of nitrogens with zero attached hydrogens (tertiary/aromatic N) is 3. The highest BCUT2D eigenvalue weighted by atomic mass is 16.2. The second-order valence-electron chi connectivity index (χ2n) is 7.60.